The Morgan fingerprint density at radius 1 is 1.36 bits per heavy atom. The molecule has 2 unspecified atom stereocenters. The first-order valence-electron chi connectivity index (χ1n) is 5.68. The second kappa shape index (κ2) is 7.49. The lowest BCUT2D eigenvalue weighted by atomic mass is 10.0. The fourth-order valence-corrected chi connectivity index (χ4v) is 2.02. The number of hydrogen-bond donors (Lipinski definition) is 1. The van der Waals surface area contributed by atoms with Gasteiger partial charge >= 0.3 is 0 Å². The van der Waals surface area contributed by atoms with Gasteiger partial charge in [0.15, 0.2) is 0 Å². The quantitative estimate of drug-likeness (QED) is 0.551. The van der Waals surface area contributed by atoms with E-state index in [4.69, 9.17) is 16.3 Å². The summed E-state index contributed by atoms with van der Waals surface area (Å²) in [5.41, 5.74) is 0. The van der Waals surface area contributed by atoms with Gasteiger partial charge in [0.25, 0.3) is 0 Å². The van der Waals surface area contributed by atoms with Crippen LogP contribution in [0.2, 0.25) is 0 Å². The SMILES string of the molecule is OC(CCl)CCCCC1CCCCO1. The first kappa shape index (κ1) is 12.3. The minimum atomic E-state index is -0.316. The summed E-state index contributed by atoms with van der Waals surface area (Å²) in [6.07, 6.45) is 8.12. The molecule has 1 aliphatic rings. The highest BCUT2D eigenvalue weighted by molar-refractivity contribution is 6.18. The zero-order chi connectivity index (χ0) is 10.2. The third-order valence-electron chi connectivity index (χ3n) is 2.77. The van der Waals surface area contributed by atoms with Crippen LogP contribution in [-0.4, -0.2) is 29.8 Å². The van der Waals surface area contributed by atoms with Gasteiger partial charge in [0.2, 0.25) is 0 Å². The molecule has 0 bridgehead atoms. The molecule has 1 aliphatic heterocycles. The van der Waals surface area contributed by atoms with Gasteiger partial charge in [0, 0.05) is 12.5 Å². The van der Waals surface area contributed by atoms with E-state index in [-0.39, 0.29) is 6.10 Å². The smallest absolute Gasteiger partial charge is 0.0675 e. The van der Waals surface area contributed by atoms with Crippen LogP contribution < -0.4 is 0 Å². The predicted molar refractivity (Wildman–Crippen MR) is 58.8 cm³/mol. The molecule has 1 fully saturated rings. The number of halogens is 1. The minimum absolute atomic E-state index is 0.316. The largest absolute Gasteiger partial charge is 0.392 e. The van der Waals surface area contributed by atoms with Crippen molar-refractivity contribution in [3.63, 3.8) is 0 Å². The van der Waals surface area contributed by atoms with Gasteiger partial charge in [-0.2, -0.15) is 0 Å². The van der Waals surface area contributed by atoms with Crippen LogP contribution in [0.5, 0.6) is 0 Å². The average molecular weight is 221 g/mol. The molecule has 3 heteroatoms. The first-order chi connectivity index (χ1) is 6.83. The number of rotatable bonds is 6. The first-order valence-corrected chi connectivity index (χ1v) is 6.22. The number of aliphatic hydroxyl groups excluding tert-OH is 1. The van der Waals surface area contributed by atoms with Crippen molar-refractivity contribution < 1.29 is 9.84 Å². The number of unbranched alkanes of at least 4 members (excludes halogenated alkanes) is 1. The highest BCUT2D eigenvalue weighted by atomic mass is 35.5. The summed E-state index contributed by atoms with van der Waals surface area (Å²) in [5.74, 6) is 0.361. The normalized spacial score (nSPS) is 24.9. The Morgan fingerprint density at radius 2 is 2.21 bits per heavy atom. The van der Waals surface area contributed by atoms with Crippen molar-refractivity contribution in [2.75, 3.05) is 12.5 Å². The fourth-order valence-electron chi connectivity index (χ4n) is 1.86. The summed E-state index contributed by atoms with van der Waals surface area (Å²) < 4.78 is 5.62. The van der Waals surface area contributed by atoms with Crippen molar-refractivity contribution in [2.45, 2.75) is 57.2 Å². The molecule has 0 amide bonds. The average Bonchev–Trinajstić information content (AvgIpc) is 2.25. The molecule has 2 nitrogen and oxygen atoms in total. The number of hydrogen-bond acceptors (Lipinski definition) is 2. The summed E-state index contributed by atoms with van der Waals surface area (Å²) in [6, 6.07) is 0. The van der Waals surface area contributed by atoms with Gasteiger partial charge < -0.3 is 9.84 Å². The Kier molecular flexibility index (Phi) is 6.57. The number of alkyl halides is 1. The van der Waals surface area contributed by atoms with Gasteiger partial charge in [-0.25, -0.2) is 0 Å². The van der Waals surface area contributed by atoms with Crippen LogP contribution in [0.3, 0.4) is 0 Å². The van der Waals surface area contributed by atoms with Crippen LogP contribution in [-0.2, 0) is 4.74 Å². The summed E-state index contributed by atoms with van der Waals surface area (Å²) in [7, 11) is 0. The Morgan fingerprint density at radius 3 is 2.86 bits per heavy atom. The van der Waals surface area contributed by atoms with E-state index in [0.29, 0.717) is 12.0 Å². The summed E-state index contributed by atoms with van der Waals surface area (Å²) in [4.78, 5) is 0. The maximum Gasteiger partial charge on any atom is 0.0675 e. The van der Waals surface area contributed by atoms with E-state index >= 15 is 0 Å². The molecule has 84 valence electrons. The molecule has 1 heterocycles. The lowest BCUT2D eigenvalue weighted by Gasteiger charge is -2.22. The summed E-state index contributed by atoms with van der Waals surface area (Å²) in [5, 5.41) is 9.23. The minimum Gasteiger partial charge on any atom is -0.392 e. The topological polar surface area (TPSA) is 29.5 Å². The van der Waals surface area contributed by atoms with Crippen molar-refractivity contribution in [3.05, 3.63) is 0 Å². The van der Waals surface area contributed by atoms with Crippen molar-refractivity contribution >= 4 is 11.6 Å². The molecule has 0 radical (unpaired) electrons. The van der Waals surface area contributed by atoms with E-state index in [2.05, 4.69) is 0 Å². The van der Waals surface area contributed by atoms with Gasteiger partial charge in [-0.3, -0.25) is 0 Å². The predicted octanol–water partition coefficient (Wildman–Crippen LogP) is 2.72. The Balaban J connectivity index is 1.92. The molecule has 0 aromatic carbocycles. The molecule has 0 aliphatic carbocycles. The Bertz CT molecular complexity index is 135. The van der Waals surface area contributed by atoms with E-state index in [1.54, 1.807) is 0 Å². The molecule has 0 spiro atoms. The van der Waals surface area contributed by atoms with Gasteiger partial charge in [-0.15, -0.1) is 11.6 Å². The maximum absolute atomic E-state index is 9.23. The van der Waals surface area contributed by atoms with Crippen molar-refractivity contribution in [3.8, 4) is 0 Å². The Hall–Kier alpha value is 0.210. The van der Waals surface area contributed by atoms with E-state index in [1.165, 1.54) is 19.3 Å². The zero-order valence-corrected chi connectivity index (χ0v) is 9.51. The van der Waals surface area contributed by atoms with E-state index < -0.39 is 0 Å². The number of ether oxygens (including phenoxy) is 1. The lowest BCUT2D eigenvalue weighted by molar-refractivity contribution is 0.00934. The fraction of sp³-hybridized carbons (Fsp3) is 1.00. The molecular weight excluding hydrogens is 200 g/mol. The molecule has 1 saturated heterocycles. The van der Waals surface area contributed by atoms with Crippen LogP contribution >= 0.6 is 11.6 Å². The molecule has 0 aromatic heterocycles. The van der Waals surface area contributed by atoms with Gasteiger partial charge in [0.05, 0.1) is 12.2 Å². The van der Waals surface area contributed by atoms with Crippen molar-refractivity contribution in [1.82, 2.24) is 0 Å². The molecule has 2 atom stereocenters. The number of aliphatic hydroxyl groups is 1. The molecule has 1 N–H and O–H groups in total. The third-order valence-corrected chi connectivity index (χ3v) is 3.12. The van der Waals surface area contributed by atoms with Crippen LogP contribution in [0.25, 0.3) is 0 Å². The van der Waals surface area contributed by atoms with E-state index in [0.717, 1.165) is 32.3 Å². The van der Waals surface area contributed by atoms with Crippen LogP contribution in [0.1, 0.15) is 44.9 Å². The molecule has 1 rings (SSSR count). The van der Waals surface area contributed by atoms with E-state index in [1.807, 2.05) is 0 Å². The van der Waals surface area contributed by atoms with Gasteiger partial charge in [0.1, 0.15) is 0 Å². The summed E-state index contributed by atoms with van der Waals surface area (Å²) in [6.45, 7) is 0.939. The van der Waals surface area contributed by atoms with Gasteiger partial charge in [-0.05, 0) is 32.1 Å². The summed E-state index contributed by atoms with van der Waals surface area (Å²) >= 11 is 5.50. The standard InChI is InChI=1S/C11H21ClO2/c12-9-10(13)5-1-2-6-11-7-3-4-8-14-11/h10-11,13H,1-9H2. The molecular formula is C11H21ClO2. The van der Waals surface area contributed by atoms with Gasteiger partial charge in [-0.1, -0.05) is 12.8 Å². The molecule has 0 saturated carbocycles. The lowest BCUT2D eigenvalue weighted by Crippen LogP contribution is -2.18. The molecule has 0 aromatic rings. The highest BCUT2D eigenvalue weighted by Crippen LogP contribution is 2.18. The Labute approximate surface area is 91.6 Å². The maximum atomic E-state index is 9.23. The monoisotopic (exact) mass is 220 g/mol. The third kappa shape index (κ3) is 5.18. The van der Waals surface area contributed by atoms with Crippen molar-refractivity contribution in [2.24, 2.45) is 0 Å². The second-order valence-corrected chi connectivity index (χ2v) is 4.39. The zero-order valence-electron chi connectivity index (χ0n) is 8.75. The van der Waals surface area contributed by atoms with Crippen molar-refractivity contribution in [1.29, 1.82) is 0 Å². The van der Waals surface area contributed by atoms with Crippen LogP contribution in [0, 0.1) is 0 Å². The second-order valence-electron chi connectivity index (χ2n) is 4.08. The molecule has 14 heavy (non-hydrogen) atoms. The van der Waals surface area contributed by atoms with E-state index in [9.17, 15) is 5.11 Å². The van der Waals surface area contributed by atoms with Crippen LogP contribution in [0.4, 0.5) is 0 Å². The highest BCUT2D eigenvalue weighted by Gasteiger charge is 2.13. The van der Waals surface area contributed by atoms with Crippen LogP contribution in [0.15, 0.2) is 0 Å².